The standard InChI is InChI=1S/C14H14O8S.Na/c1-3-13(16)21-6-7-22-14(17)11-5-4-10(23(18,19)20)8-12(11)9(2)15;/h3-5,8H,1,6-7H2,2H3,(H,18,19,20);/q;+1/p-1. The van der Waals surface area contributed by atoms with Crippen LogP contribution in [0, 0.1) is 0 Å². The van der Waals surface area contributed by atoms with Gasteiger partial charge in [-0.2, -0.15) is 0 Å². The molecule has 0 aromatic heterocycles. The summed E-state index contributed by atoms with van der Waals surface area (Å²) < 4.78 is 42.3. The molecule has 124 valence electrons. The summed E-state index contributed by atoms with van der Waals surface area (Å²) in [5.74, 6) is -2.21. The summed E-state index contributed by atoms with van der Waals surface area (Å²) >= 11 is 0. The third-order valence-corrected chi connectivity index (χ3v) is 3.44. The van der Waals surface area contributed by atoms with Gasteiger partial charge >= 0.3 is 41.5 Å². The van der Waals surface area contributed by atoms with Crippen LogP contribution >= 0.6 is 0 Å². The Kier molecular flexibility index (Phi) is 9.08. The first-order chi connectivity index (χ1) is 10.7. The number of carbonyl (C=O) groups excluding carboxylic acids is 3. The van der Waals surface area contributed by atoms with Gasteiger partial charge < -0.3 is 14.0 Å². The number of ketones is 1. The van der Waals surface area contributed by atoms with Crippen molar-refractivity contribution in [1.82, 2.24) is 0 Å². The molecule has 24 heavy (non-hydrogen) atoms. The summed E-state index contributed by atoms with van der Waals surface area (Å²) in [5, 5.41) is 0. The molecule has 0 spiro atoms. The fourth-order valence-corrected chi connectivity index (χ4v) is 2.06. The van der Waals surface area contributed by atoms with Crippen LogP contribution in [0.25, 0.3) is 0 Å². The van der Waals surface area contributed by atoms with E-state index in [1.165, 1.54) is 0 Å². The molecule has 8 nitrogen and oxygen atoms in total. The molecule has 0 aliphatic carbocycles. The Hall–Kier alpha value is -1.52. The number of rotatable bonds is 7. The van der Waals surface area contributed by atoms with Gasteiger partial charge in [-0.15, -0.1) is 0 Å². The summed E-state index contributed by atoms with van der Waals surface area (Å²) in [4.78, 5) is 33.6. The molecular weight excluding hydrogens is 351 g/mol. The van der Waals surface area contributed by atoms with Crippen molar-refractivity contribution in [2.45, 2.75) is 11.8 Å². The maximum atomic E-state index is 11.9. The van der Waals surface area contributed by atoms with E-state index in [1.54, 1.807) is 0 Å². The third-order valence-electron chi connectivity index (χ3n) is 2.61. The van der Waals surface area contributed by atoms with Crippen LogP contribution < -0.4 is 29.6 Å². The molecule has 0 radical (unpaired) electrons. The van der Waals surface area contributed by atoms with E-state index < -0.39 is 32.7 Å². The number of carbonyl (C=O) groups is 3. The molecule has 0 saturated heterocycles. The quantitative estimate of drug-likeness (QED) is 0.132. The molecule has 0 N–H and O–H groups in total. The topological polar surface area (TPSA) is 127 Å². The van der Waals surface area contributed by atoms with Crippen LogP contribution in [-0.2, 0) is 24.4 Å². The second-order valence-electron chi connectivity index (χ2n) is 4.23. The minimum atomic E-state index is -4.76. The molecule has 0 heterocycles. The summed E-state index contributed by atoms with van der Waals surface area (Å²) in [6, 6.07) is 2.74. The van der Waals surface area contributed by atoms with E-state index in [1.807, 2.05) is 0 Å². The Bertz CT molecular complexity index is 754. The van der Waals surface area contributed by atoms with E-state index >= 15 is 0 Å². The van der Waals surface area contributed by atoms with Crippen molar-refractivity contribution in [1.29, 1.82) is 0 Å². The van der Waals surface area contributed by atoms with Crippen LogP contribution in [0.15, 0.2) is 35.7 Å². The fourth-order valence-electron chi connectivity index (χ4n) is 1.56. The fraction of sp³-hybridized carbons (Fsp3) is 0.214. The molecular formula is C14H13NaO8S. The van der Waals surface area contributed by atoms with Crippen molar-refractivity contribution in [3.05, 3.63) is 42.0 Å². The normalized spacial score (nSPS) is 10.2. The van der Waals surface area contributed by atoms with E-state index in [0.29, 0.717) is 0 Å². The number of hydrogen-bond acceptors (Lipinski definition) is 8. The molecule has 1 aromatic rings. The molecule has 0 aliphatic rings. The third kappa shape index (κ3) is 6.54. The minimum Gasteiger partial charge on any atom is -0.744 e. The number of esters is 2. The molecule has 0 saturated carbocycles. The Morgan fingerprint density at radius 2 is 1.75 bits per heavy atom. The predicted molar refractivity (Wildman–Crippen MR) is 75.8 cm³/mol. The number of ether oxygens (including phenoxy) is 2. The van der Waals surface area contributed by atoms with Crippen molar-refractivity contribution in [2.75, 3.05) is 13.2 Å². The maximum absolute atomic E-state index is 11.9. The van der Waals surface area contributed by atoms with Gasteiger partial charge in [0, 0.05) is 11.6 Å². The van der Waals surface area contributed by atoms with Gasteiger partial charge in [-0.1, -0.05) is 6.58 Å². The SMILES string of the molecule is C=CC(=O)OCCOC(=O)c1ccc(S(=O)(=O)[O-])cc1C(C)=O.[Na+]. The number of Topliss-reactive ketones (excluding diaryl/α,β-unsaturated/α-hetero) is 1. The van der Waals surface area contributed by atoms with Crippen LogP contribution in [0.4, 0.5) is 0 Å². The van der Waals surface area contributed by atoms with E-state index in [2.05, 4.69) is 11.3 Å². The first-order valence-corrected chi connectivity index (χ1v) is 7.65. The van der Waals surface area contributed by atoms with Crippen molar-refractivity contribution >= 4 is 27.8 Å². The molecule has 10 heteroatoms. The minimum absolute atomic E-state index is 0. The van der Waals surface area contributed by atoms with Crippen molar-refractivity contribution < 1.29 is 66.4 Å². The zero-order valence-corrected chi connectivity index (χ0v) is 15.9. The molecule has 1 aromatic carbocycles. The monoisotopic (exact) mass is 364 g/mol. The van der Waals surface area contributed by atoms with E-state index in [9.17, 15) is 27.4 Å². The van der Waals surface area contributed by atoms with E-state index in [-0.39, 0.29) is 53.9 Å². The van der Waals surface area contributed by atoms with Gasteiger partial charge in [0.1, 0.15) is 23.3 Å². The van der Waals surface area contributed by atoms with Gasteiger partial charge in [0.25, 0.3) is 0 Å². The van der Waals surface area contributed by atoms with Gasteiger partial charge in [0.2, 0.25) is 0 Å². The average Bonchev–Trinajstić information content (AvgIpc) is 2.49. The summed E-state index contributed by atoms with van der Waals surface area (Å²) in [7, 11) is -4.76. The van der Waals surface area contributed by atoms with Crippen molar-refractivity contribution in [3.63, 3.8) is 0 Å². The zero-order chi connectivity index (χ0) is 17.6. The van der Waals surface area contributed by atoms with E-state index in [0.717, 1.165) is 31.2 Å². The smallest absolute Gasteiger partial charge is 0.744 e. The zero-order valence-electron chi connectivity index (χ0n) is 13.1. The summed E-state index contributed by atoms with van der Waals surface area (Å²) in [6.45, 7) is 3.82. The van der Waals surface area contributed by atoms with Gasteiger partial charge in [-0.25, -0.2) is 18.0 Å². The Morgan fingerprint density at radius 1 is 1.17 bits per heavy atom. The number of hydrogen-bond donors (Lipinski definition) is 0. The summed E-state index contributed by atoms with van der Waals surface area (Å²) in [5.41, 5.74) is -0.449. The van der Waals surface area contributed by atoms with Crippen LogP contribution in [0.1, 0.15) is 27.6 Å². The molecule has 0 aliphatic heterocycles. The molecule has 0 atom stereocenters. The summed E-state index contributed by atoms with van der Waals surface area (Å²) in [6.07, 6.45) is 0.942. The van der Waals surface area contributed by atoms with Crippen molar-refractivity contribution in [2.24, 2.45) is 0 Å². The van der Waals surface area contributed by atoms with Gasteiger partial charge in [0.15, 0.2) is 5.78 Å². The van der Waals surface area contributed by atoms with Gasteiger partial charge in [-0.05, 0) is 25.1 Å². The van der Waals surface area contributed by atoms with Crippen molar-refractivity contribution in [3.8, 4) is 0 Å². The van der Waals surface area contributed by atoms with Gasteiger partial charge in [0.05, 0.1) is 10.5 Å². The van der Waals surface area contributed by atoms with Crippen LogP contribution in [0.5, 0.6) is 0 Å². The maximum Gasteiger partial charge on any atom is 1.00 e. The molecule has 1 rings (SSSR count). The Labute approximate surface area is 160 Å². The van der Waals surface area contributed by atoms with Gasteiger partial charge in [-0.3, -0.25) is 4.79 Å². The largest absolute Gasteiger partial charge is 1.00 e. The van der Waals surface area contributed by atoms with Crippen LogP contribution in [0.2, 0.25) is 0 Å². The molecule has 0 bridgehead atoms. The van der Waals surface area contributed by atoms with Crippen LogP contribution in [0.3, 0.4) is 0 Å². The second kappa shape index (κ2) is 9.70. The average molecular weight is 364 g/mol. The molecule has 0 unspecified atom stereocenters. The molecule has 0 amide bonds. The molecule has 0 fully saturated rings. The Morgan fingerprint density at radius 3 is 2.25 bits per heavy atom. The first-order valence-electron chi connectivity index (χ1n) is 6.24. The van der Waals surface area contributed by atoms with E-state index in [4.69, 9.17) is 4.74 Å². The second-order valence-corrected chi connectivity index (χ2v) is 5.60. The Balaban J connectivity index is 0.00000529. The number of benzene rings is 1. The predicted octanol–water partition coefficient (Wildman–Crippen LogP) is -2.32. The first kappa shape index (κ1) is 22.5. The van der Waals surface area contributed by atoms with Crippen LogP contribution in [-0.4, -0.2) is 43.9 Å².